The summed E-state index contributed by atoms with van der Waals surface area (Å²) in [6, 6.07) is 7.98. The van der Waals surface area contributed by atoms with Gasteiger partial charge in [-0.1, -0.05) is 23.4 Å². The minimum atomic E-state index is -0.203. The molecule has 4 N–H and O–H groups in total. The Kier molecular flexibility index (Phi) is 6.11. The van der Waals surface area contributed by atoms with Crippen LogP contribution in [0.15, 0.2) is 56.5 Å². The second kappa shape index (κ2) is 8.53. The van der Waals surface area contributed by atoms with E-state index in [0.717, 1.165) is 26.4 Å². The Labute approximate surface area is 172 Å². The molecule has 2 heterocycles. The van der Waals surface area contributed by atoms with E-state index >= 15 is 0 Å². The smallest absolute Gasteiger partial charge is 0.268 e. The molecule has 146 valence electrons. The van der Waals surface area contributed by atoms with Crippen molar-refractivity contribution < 1.29 is 4.79 Å². The first kappa shape index (κ1) is 20.0. The van der Waals surface area contributed by atoms with Crippen molar-refractivity contribution in [3.05, 3.63) is 53.1 Å². The number of rotatable bonds is 6. The van der Waals surface area contributed by atoms with E-state index in [0.29, 0.717) is 16.4 Å². The van der Waals surface area contributed by atoms with Crippen LogP contribution < -0.4 is 11.1 Å². The highest BCUT2D eigenvalue weighted by atomic mass is 35.5. The van der Waals surface area contributed by atoms with Gasteiger partial charge >= 0.3 is 0 Å². The van der Waals surface area contributed by atoms with Gasteiger partial charge < -0.3 is 15.6 Å². The fourth-order valence-electron chi connectivity index (χ4n) is 2.72. The Balaban J connectivity index is 1.77. The molecule has 0 aliphatic carbocycles. The molecular formula is C19H21ClN6OS. The molecule has 7 nitrogen and oxygen atoms in total. The topological polar surface area (TPSA) is 101 Å². The molecule has 1 amide bonds. The van der Waals surface area contributed by atoms with Crippen LogP contribution in [0.3, 0.4) is 0 Å². The number of hydrogen-bond donors (Lipinski definition) is 3. The monoisotopic (exact) mass is 416 g/mol. The normalized spacial score (nSPS) is 12.6. The van der Waals surface area contributed by atoms with Crippen molar-refractivity contribution in [1.82, 2.24) is 20.1 Å². The maximum atomic E-state index is 12.7. The number of carbonyl (C=O) groups excluding carboxylic acids is 1. The lowest BCUT2D eigenvalue weighted by molar-refractivity contribution is 0.0951. The van der Waals surface area contributed by atoms with E-state index in [-0.39, 0.29) is 12.5 Å². The van der Waals surface area contributed by atoms with Crippen molar-refractivity contribution in [2.45, 2.75) is 16.7 Å². The van der Waals surface area contributed by atoms with E-state index in [2.05, 4.69) is 26.6 Å². The van der Waals surface area contributed by atoms with Crippen LogP contribution in [0.2, 0.25) is 0 Å². The van der Waals surface area contributed by atoms with Crippen molar-refractivity contribution >= 4 is 45.9 Å². The van der Waals surface area contributed by atoms with E-state index in [1.165, 1.54) is 6.20 Å². The zero-order valence-electron chi connectivity index (χ0n) is 15.8. The maximum absolute atomic E-state index is 12.7. The summed E-state index contributed by atoms with van der Waals surface area (Å²) < 4.78 is 1.87. The molecule has 0 aliphatic rings. The molecule has 3 rings (SSSR count). The first-order valence-corrected chi connectivity index (χ1v) is 9.73. The quantitative estimate of drug-likeness (QED) is 0.537. The van der Waals surface area contributed by atoms with Crippen LogP contribution >= 0.6 is 23.4 Å². The number of H-pyrrole nitrogens is 1. The molecular weight excluding hydrogens is 396 g/mol. The third-order valence-corrected chi connectivity index (χ3v) is 5.94. The van der Waals surface area contributed by atoms with Crippen molar-refractivity contribution in [2.24, 2.45) is 17.8 Å². The van der Waals surface area contributed by atoms with Crippen LogP contribution in [0, 0.1) is 6.92 Å². The second-order valence-electron chi connectivity index (χ2n) is 6.13. The van der Waals surface area contributed by atoms with Gasteiger partial charge in [0.05, 0.1) is 29.0 Å². The largest absolute Gasteiger partial charge is 0.403 e. The molecule has 0 aliphatic heterocycles. The molecule has 9 heteroatoms. The molecule has 0 unspecified atom stereocenters. The third kappa shape index (κ3) is 4.07. The van der Waals surface area contributed by atoms with E-state index < -0.39 is 0 Å². The van der Waals surface area contributed by atoms with E-state index in [1.807, 2.05) is 36.7 Å². The average molecular weight is 417 g/mol. The van der Waals surface area contributed by atoms with Crippen LogP contribution in [0.25, 0.3) is 10.9 Å². The van der Waals surface area contributed by atoms with Gasteiger partial charge in [0, 0.05) is 41.2 Å². The van der Waals surface area contributed by atoms with Gasteiger partial charge in [0.2, 0.25) is 0 Å². The van der Waals surface area contributed by atoms with Gasteiger partial charge in [-0.25, -0.2) is 0 Å². The van der Waals surface area contributed by atoms with Crippen molar-refractivity contribution in [1.29, 1.82) is 0 Å². The van der Waals surface area contributed by atoms with Crippen LogP contribution in [0.5, 0.6) is 0 Å². The molecule has 0 fully saturated rings. The summed E-state index contributed by atoms with van der Waals surface area (Å²) in [5, 5.41) is 11.2. The zero-order valence-corrected chi connectivity index (χ0v) is 17.4. The summed E-state index contributed by atoms with van der Waals surface area (Å²) in [4.78, 5) is 18.8. The second-order valence-corrected chi connectivity index (χ2v) is 7.65. The Morgan fingerprint density at radius 1 is 1.46 bits per heavy atom. The number of hydrogen-bond acceptors (Lipinski definition) is 5. The molecule has 0 atom stereocenters. The molecule has 0 saturated carbocycles. The highest BCUT2D eigenvalue weighted by Crippen LogP contribution is 2.33. The maximum Gasteiger partial charge on any atom is 0.268 e. The van der Waals surface area contributed by atoms with Crippen molar-refractivity contribution in [2.75, 3.05) is 13.6 Å². The fraction of sp³-hybridized carbons (Fsp3) is 0.211. The lowest BCUT2D eigenvalue weighted by atomic mass is 10.3. The summed E-state index contributed by atoms with van der Waals surface area (Å²) in [5.41, 5.74) is 8.50. The molecule has 0 saturated heterocycles. The Morgan fingerprint density at radius 3 is 2.96 bits per heavy atom. The van der Waals surface area contributed by atoms with Crippen LogP contribution in [-0.4, -0.2) is 40.0 Å². The van der Waals surface area contributed by atoms with E-state index in [9.17, 15) is 4.79 Å². The number of nitrogens with zero attached hydrogens (tertiary/aromatic N) is 3. The molecule has 28 heavy (non-hydrogen) atoms. The highest BCUT2D eigenvalue weighted by Gasteiger charge is 2.17. The first-order valence-electron chi connectivity index (χ1n) is 8.53. The van der Waals surface area contributed by atoms with Gasteiger partial charge in [0.15, 0.2) is 0 Å². The van der Waals surface area contributed by atoms with Gasteiger partial charge in [-0.15, -0.1) is 0 Å². The molecule has 2 aromatic heterocycles. The number of aliphatic imine (C=N–C) groups is 1. The number of aromatic nitrogens is 3. The number of amides is 1. The van der Waals surface area contributed by atoms with Crippen molar-refractivity contribution in [3.8, 4) is 0 Å². The first-order chi connectivity index (χ1) is 13.4. The van der Waals surface area contributed by atoms with Gasteiger partial charge in [-0.2, -0.15) is 5.10 Å². The lowest BCUT2D eigenvalue weighted by Crippen LogP contribution is -2.31. The predicted molar refractivity (Wildman–Crippen MR) is 114 cm³/mol. The van der Waals surface area contributed by atoms with Crippen LogP contribution in [-0.2, 0) is 7.05 Å². The number of halogens is 1. The summed E-state index contributed by atoms with van der Waals surface area (Å²) in [6.07, 6.45) is 3.05. The molecule has 0 radical (unpaired) electrons. The molecule has 1 aromatic carbocycles. The average Bonchev–Trinajstić information content (AvgIpc) is 3.27. The Bertz CT molecular complexity index is 1080. The zero-order chi connectivity index (χ0) is 20.3. The Hall–Kier alpha value is -2.71. The SMILES string of the molecule is CN=C(CNC(=O)c1cc(Sc2ccc3[nH]ncc3c2)c(C)n1C)/C(Cl)=C\N. The summed E-state index contributed by atoms with van der Waals surface area (Å²) in [7, 11) is 3.47. The van der Waals surface area contributed by atoms with E-state index in [1.54, 1.807) is 25.0 Å². The lowest BCUT2D eigenvalue weighted by Gasteiger charge is -2.08. The van der Waals surface area contributed by atoms with Crippen LogP contribution in [0.1, 0.15) is 16.2 Å². The minimum Gasteiger partial charge on any atom is -0.403 e. The van der Waals surface area contributed by atoms with Crippen LogP contribution in [0.4, 0.5) is 0 Å². The summed E-state index contributed by atoms with van der Waals surface area (Å²) in [5.74, 6) is -0.203. The molecule has 0 bridgehead atoms. The van der Waals surface area contributed by atoms with Gasteiger partial charge in [0.25, 0.3) is 5.91 Å². The predicted octanol–water partition coefficient (Wildman–Crippen LogP) is 3.20. The highest BCUT2D eigenvalue weighted by molar-refractivity contribution is 7.99. The number of carbonyl (C=O) groups is 1. The number of nitrogens with two attached hydrogens (primary N) is 1. The fourth-order valence-corrected chi connectivity index (χ4v) is 3.91. The van der Waals surface area contributed by atoms with Gasteiger partial charge in [0.1, 0.15) is 5.69 Å². The number of benzene rings is 1. The standard InChI is InChI=1S/C19H21ClN6OS/c1-11-18(28-13-4-5-15-12(6-13)9-24-25-15)7-17(26(11)3)19(27)23-10-16(22-2)14(20)8-21/h4-9H,10,21H2,1-3H3,(H,23,27)(H,24,25)/b14-8+,22-16?. The van der Waals surface area contributed by atoms with Gasteiger partial charge in [-0.05, 0) is 31.2 Å². The molecule has 0 spiro atoms. The van der Waals surface area contributed by atoms with Crippen molar-refractivity contribution in [3.63, 3.8) is 0 Å². The summed E-state index contributed by atoms with van der Waals surface area (Å²) in [6.45, 7) is 2.19. The third-order valence-electron chi connectivity index (χ3n) is 4.47. The minimum absolute atomic E-state index is 0.200. The molecule has 3 aromatic rings. The number of aromatic amines is 1. The van der Waals surface area contributed by atoms with E-state index in [4.69, 9.17) is 17.3 Å². The van der Waals surface area contributed by atoms with Gasteiger partial charge in [-0.3, -0.25) is 14.9 Å². The number of fused-ring (bicyclic) bond motifs is 1. The summed E-state index contributed by atoms with van der Waals surface area (Å²) >= 11 is 7.59. The Morgan fingerprint density at radius 2 is 2.25 bits per heavy atom. The number of nitrogens with one attached hydrogen (secondary N) is 2.